The van der Waals surface area contributed by atoms with Gasteiger partial charge in [0.25, 0.3) is 5.56 Å². The second-order valence-electron chi connectivity index (χ2n) is 9.22. The summed E-state index contributed by atoms with van der Waals surface area (Å²) < 4.78 is 6.77. The number of fused-ring (bicyclic) bond motifs is 5. The van der Waals surface area contributed by atoms with Crippen molar-refractivity contribution in [3.05, 3.63) is 92.8 Å². The van der Waals surface area contributed by atoms with Crippen molar-refractivity contribution >= 4 is 28.8 Å². The van der Waals surface area contributed by atoms with Crippen molar-refractivity contribution in [2.45, 2.75) is 38.7 Å². The molecule has 6 rings (SSSR count). The summed E-state index contributed by atoms with van der Waals surface area (Å²) in [5, 5.41) is 16.2. The molecule has 2 aromatic heterocycles. The summed E-state index contributed by atoms with van der Waals surface area (Å²) in [4.78, 5) is 36.3. The van der Waals surface area contributed by atoms with E-state index in [9.17, 15) is 14.7 Å². The summed E-state index contributed by atoms with van der Waals surface area (Å²) in [7, 11) is 0. The predicted molar refractivity (Wildman–Crippen MR) is 138 cm³/mol. The van der Waals surface area contributed by atoms with Crippen LogP contribution in [-0.2, 0) is 39.7 Å². The smallest absolute Gasteiger partial charge is 0.343 e. The Balaban J connectivity index is 1.45. The Bertz CT molecular complexity index is 1660. The van der Waals surface area contributed by atoms with Crippen molar-refractivity contribution in [3.63, 3.8) is 0 Å². The van der Waals surface area contributed by atoms with Crippen molar-refractivity contribution in [1.29, 1.82) is 0 Å². The van der Waals surface area contributed by atoms with Gasteiger partial charge < -0.3 is 25.0 Å². The minimum absolute atomic E-state index is 0.0863. The van der Waals surface area contributed by atoms with Gasteiger partial charge in [0.15, 0.2) is 5.60 Å². The van der Waals surface area contributed by atoms with Crippen molar-refractivity contribution in [1.82, 2.24) is 9.55 Å². The van der Waals surface area contributed by atoms with Gasteiger partial charge in [0.05, 0.1) is 35.2 Å². The molecule has 0 unspecified atom stereocenters. The highest BCUT2D eigenvalue weighted by Gasteiger charge is 2.45. The number of ether oxygens (including phenoxy) is 1. The van der Waals surface area contributed by atoms with Crippen LogP contribution in [0.5, 0.6) is 0 Å². The Hall–Kier alpha value is -4.50. The quantitative estimate of drug-likeness (QED) is 0.165. The largest absolute Gasteiger partial charge is 0.458 e. The number of benzene rings is 2. The highest BCUT2D eigenvalue weighted by Crippen LogP contribution is 2.39. The van der Waals surface area contributed by atoms with Gasteiger partial charge in [-0.15, -0.1) is 0 Å². The van der Waals surface area contributed by atoms with Crippen molar-refractivity contribution < 1.29 is 19.5 Å². The maximum atomic E-state index is 13.5. The predicted octanol–water partition coefficient (Wildman–Crippen LogP) is 3.21. The normalized spacial score (nSPS) is 17.9. The first-order valence-electron chi connectivity index (χ1n) is 12.0. The van der Waals surface area contributed by atoms with E-state index >= 15 is 0 Å². The van der Waals surface area contributed by atoms with E-state index in [1.54, 1.807) is 35.9 Å². The fourth-order valence-electron chi connectivity index (χ4n) is 5.02. The van der Waals surface area contributed by atoms with Gasteiger partial charge in [-0.05, 0) is 36.2 Å². The number of para-hydroxylation sites is 1. The van der Waals surface area contributed by atoms with Gasteiger partial charge in [-0.2, -0.15) is 0 Å². The third kappa shape index (κ3) is 3.58. The van der Waals surface area contributed by atoms with Gasteiger partial charge in [-0.1, -0.05) is 42.4 Å². The first-order chi connectivity index (χ1) is 17.9. The number of nitrogen functional groups attached to an aromatic ring is 1. The number of nitrogens with zero attached hydrogens (tertiary/aromatic N) is 3. The molecule has 0 spiro atoms. The van der Waals surface area contributed by atoms with E-state index in [0.29, 0.717) is 17.1 Å². The van der Waals surface area contributed by atoms with E-state index < -0.39 is 11.6 Å². The minimum atomic E-state index is -1.87. The average Bonchev–Trinajstić information content (AvgIpc) is 3.28. The van der Waals surface area contributed by atoms with Gasteiger partial charge in [-0.25, -0.2) is 9.78 Å². The summed E-state index contributed by atoms with van der Waals surface area (Å²) in [5.41, 5.74) is 9.21. The number of rotatable bonds is 5. The fraction of sp³-hybridized carbons (Fsp3) is 0.214. The van der Waals surface area contributed by atoms with E-state index in [1.165, 1.54) is 0 Å². The van der Waals surface area contributed by atoms with E-state index in [2.05, 4.69) is 5.16 Å². The molecule has 0 saturated carbocycles. The molecule has 3 N–H and O–H groups in total. The van der Waals surface area contributed by atoms with Crippen LogP contribution < -0.4 is 11.3 Å². The molecule has 1 atom stereocenters. The van der Waals surface area contributed by atoms with Crippen LogP contribution in [0.15, 0.2) is 64.5 Å². The minimum Gasteiger partial charge on any atom is -0.458 e. The molecular formula is C28H24N4O5. The molecular weight excluding hydrogens is 472 g/mol. The molecule has 0 aliphatic carbocycles. The average molecular weight is 497 g/mol. The van der Waals surface area contributed by atoms with E-state index in [4.69, 9.17) is 20.3 Å². The van der Waals surface area contributed by atoms with Crippen molar-refractivity contribution in [2.24, 2.45) is 5.16 Å². The number of aliphatic hydroxyl groups is 1. The molecule has 4 heterocycles. The van der Waals surface area contributed by atoms with Crippen LogP contribution in [-0.4, -0.2) is 26.8 Å². The monoisotopic (exact) mass is 496 g/mol. The van der Waals surface area contributed by atoms with Crippen LogP contribution in [0, 0.1) is 0 Å². The van der Waals surface area contributed by atoms with Crippen LogP contribution in [0.2, 0.25) is 0 Å². The molecule has 186 valence electrons. The van der Waals surface area contributed by atoms with Crippen LogP contribution in [0.4, 0.5) is 5.69 Å². The van der Waals surface area contributed by atoms with Gasteiger partial charge in [-0.3, -0.25) is 4.79 Å². The summed E-state index contributed by atoms with van der Waals surface area (Å²) in [6, 6.07) is 16.7. The molecule has 0 radical (unpaired) electrons. The molecule has 2 aromatic carbocycles. The first-order valence-corrected chi connectivity index (χ1v) is 12.0. The molecule has 37 heavy (non-hydrogen) atoms. The number of pyridine rings is 2. The Kier molecular flexibility index (Phi) is 5.31. The number of aromatic nitrogens is 2. The second kappa shape index (κ2) is 8.56. The number of nitrogens with two attached hydrogens (primary N) is 1. The summed E-state index contributed by atoms with van der Waals surface area (Å²) in [5.74, 6) is -0.748. The summed E-state index contributed by atoms with van der Waals surface area (Å²) in [6.07, 6.45) is 1.73. The van der Waals surface area contributed by atoms with Crippen molar-refractivity contribution in [2.75, 3.05) is 5.73 Å². The number of hydrogen-bond acceptors (Lipinski definition) is 8. The Labute approximate surface area is 211 Å². The summed E-state index contributed by atoms with van der Waals surface area (Å²) in [6.45, 7) is 2.05. The topological polar surface area (TPSA) is 129 Å². The standard InChI is InChI=1S/C28H24N4O5/c1-2-28(35)22-11-24-25-20(13-32(24)26(33)21(22)15-36-27(28)34)19(18-5-3-4-6-23(18)31-25)12-30-37-14-16-7-9-17(29)10-8-16/h3-12,35H,2,13-15,29H2,1H3/b30-12+/t28-/m0/s1. The Morgan fingerprint density at radius 2 is 1.97 bits per heavy atom. The van der Waals surface area contributed by atoms with E-state index in [1.807, 2.05) is 36.4 Å². The molecule has 0 fully saturated rings. The molecule has 0 bridgehead atoms. The lowest BCUT2D eigenvalue weighted by atomic mass is 9.86. The third-order valence-corrected chi connectivity index (χ3v) is 7.11. The molecule has 2 aliphatic heterocycles. The van der Waals surface area contributed by atoms with Gasteiger partial charge in [0, 0.05) is 27.8 Å². The van der Waals surface area contributed by atoms with E-state index in [-0.39, 0.29) is 42.9 Å². The lowest BCUT2D eigenvalue weighted by Gasteiger charge is -2.31. The maximum absolute atomic E-state index is 13.5. The number of cyclic esters (lactones) is 1. The molecule has 9 nitrogen and oxygen atoms in total. The lowest BCUT2D eigenvalue weighted by molar-refractivity contribution is -0.172. The third-order valence-electron chi connectivity index (χ3n) is 7.11. The number of oxime groups is 1. The number of carbonyl (C=O) groups is 1. The highest BCUT2D eigenvalue weighted by molar-refractivity contribution is 6.02. The molecule has 2 aliphatic rings. The lowest BCUT2D eigenvalue weighted by Crippen LogP contribution is -2.44. The molecule has 9 heteroatoms. The zero-order chi connectivity index (χ0) is 25.7. The maximum Gasteiger partial charge on any atom is 0.343 e. The molecule has 4 aromatic rings. The zero-order valence-corrected chi connectivity index (χ0v) is 20.1. The highest BCUT2D eigenvalue weighted by atomic mass is 16.6. The Morgan fingerprint density at radius 1 is 1.19 bits per heavy atom. The number of carbonyl (C=O) groups excluding carboxylic acids is 1. The SMILES string of the molecule is CC[C@@]1(O)C(=O)OCc2c1cc1n(c2=O)Cc2c-1nc1ccccc1c2/C=N/OCc1ccc(N)cc1. The number of esters is 1. The fourth-order valence-corrected chi connectivity index (χ4v) is 5.02. The second-order valence-corrected chi connectivity index (χ2v) is 9.22. The van der Waals surface area contributed by atoms with Crippen LogP contribution >= 0.6 is 0 Å². The first kappa shape index (κ1) is 22.9. The van der Waals surface area contributed by atoms with Gasteiger partial charge in [0.2, 0.25) is 0 Å². The van der Waals surface area contributed by atoms with Crippen LogP contribution in [0.25, 0.3) is 22.3 Å². The summed E-state index contributed by atoms with van der Waals surface area (Å²) >= 11 is 0. The number of anilines is 1. The zero-order valence-electron chi connectivity index (χ0n) is 20.1. The van der Waals surface area contributed by atoms with Crippen LogP contribution in [0.1, 0.15) is 41.2 Å². The molecule has 0 saturated heterocycles. The van der Waals surface area contributed by atoms with Gasteiger partial charge >= 0.3 is 5.97 Å². The van der Waals surface area contributed by atoms with Gasteiger partial charge in [0.1, 0.15) is 13.2 Å². The van der Waals surface area contributed by atoms with Crippen molar-refractivity contribution in [3.8, 4) is 11.4 Å². The van der Waals surface area contributed by atoms with Crippen LogP contribution in [0.3, 0.4) is 0 Å². The Morgan fingerprint density at radius 3 is 2.76 bits per heavy atom. The number of hydrogen-bond donors (Lipinski definition) is 2. The van der Waals surface area contributed by atoms with E-state index in [0.717, 1.165) is 27.6 Å². The molecule has 0 amide bonds.